The van der Waals surface area contributed by atoms with Crippen LogP contribution in [0.3, 0.4) is 0 Å². The van der Waals surface area contributed by atoms with Gasteiger partial charge in [0.1, 0.15) is 0 Å². The average molecular weight is 265 g/mol. The average Bonchev–Trinajstić information content (AvgIpc) is 2.39. The van der Waals surface area contributed by atoms with Crippen molar-refractivity contribution in [3.63, 3.8) is 0 Å². The van der Waals surface area contributed by atoms with E-state index in [1.807, 2.05) is 13.8 Å². The normalized spacial score (nSPS) is 12.9. The van der Waals surface area contributed by atoms with E-state index in [-0.39, 0.29) is 12.1 Å². The first kappa shape index (κ1) is 16.2. The third kappa shape index (κ3) is 6.71. The van der Waals surface area contributed by atoms with E-state index >= 15 is 0 Å². The lowest BCUT2D eigenvalue weighted by molar-refractivity contribution is 0.0161. The van der Waals surface area contributed by atoms with E-state index in [1.165, 1.54) is 12.0 Å². The molecule has 0 fully saturated rings. The first-order chi connectivity index (χ1) is 9.13. The molecule has 1 unspecified atom stereocenters. The van der Waals surface area contributed by atoms with Gasteiger partial charge in [-0.2, -0.15) is 0 Å². The third-order valence-electron chi connectivity index (χ3n) is 2.92. The topological polar surface area (TPSA) is 44.5 Å². The first-order valence-electron chi connectivity index (χ1n) is 7.17. The van der Waals surface area contributed by atoms with Crippen LogP contribution in [-0.4, -0.2) is 25.9 Å². The van der Waals surface area contributed by atoms with Gasteiger partial charge >= 0.3 is 0 Å². The number of aryl methyl sites for hydroxylation is 1. The van der Waals surface area contributed by atoms with Crippen molar-refractivity contribution in [2.45, 2.75) is 45.8 Å². The Morgan fingerprint density at radius 2 is 1.79 bits per heavy atom. The quantitative estimate of drug-likeness (QED) is 0.698. The molecule has 1 rings (SSSR count). The highest BCUT2D eigenvalue weighted by Crippen LogP contribution is 2.13. The van der Waals surface area contributed by atoms with Crippen LogP contribution >= 0.6 is 0 Å². The van der Waals surface area contributed by atoms with Crippen molar-refractivity contribution >= 4 is 0 Å². The van der Waals surface area contributed by atoms with Crippen molar-refractivity contribution in [3.05, 3.63) is 35.4 Å². The Labute approximate surface area is 117 Å². The van der Waals surface area contributed by atoms with Crippen LogP contribution in [-0.2, 0) is 15.9 Å². The molecule has 0 radical (unpaired) electrons. The molecule has 0 aromatic heterocycles. The van der Waals surface area contributed by atoms with E-state index in [0.717, 1.165) is 12.0 Å². The van der Waals surface area contributed by atoms with Gasteiger partial charge in [0.05, 0.1) is 32.0 Å². The summed E-state index contributed by atoms with van der Waals surface area (Å²) in [6, 6.07) is 8.45. The molecule has 0 bridgehead atoms. The zero-order valence-electron chi connectivity index (χ0n) is 12.4. The smallest absolute Gasteiger partial charge is 0.0703 e. The SMILES string of the molecule is CCCc1ccc(C(N)COCCOC(C)C)cc1. The highest BCUT2D eigenvalue weighted by atomic mass is 16.5. The van der Waals surface area contributed by atoms with Crippen LogP contribution in [0.1, 0.15) is 44.4 Å². The first-order valence-corrected chi connectivity index (χ1v) is 7.17. The molecule has 3 heteroatoms. The number of hydrogen-bond acceptors (Lipinski definition) is 3. The lowest BCUT2D eigenvalue weighted by atomic mass is 10.0. The van der Waals surface area contributed by atoms with E-state index in [2.05, 4.69) is 31.2 Å². The summed E-state index contributed by atoms with van der Waals surface area (Å²) in [6.07, 6.45) is 2.55. The van der Waals surface area contributed by atoms with Crippen molar-refractivity contribution in [1.82, 2.24) is 0 Å². The summed E-state index contributed by atoms with van der Waals surface area (Å²) in [5, 5.41) is 0. The number of ether oxygens (including phenoxy) is 2. The van der Waals surface area contributed by atoms with Gasteiger partial charge in [-0.3, -0.25) is 0 Å². The standard InChI is InChI=1S/C16H27NO2/c1-4-5-14-6-8-15(9-7-14)16(17)12-18-10-11-19-13(2)3/h6-9,13,16H,4-5,10-12,17H2,1-3H3. The van der Waals surface area contributed by atoms with Gasteiger partial charge in [-0.1, -0.05) is 37.6 Å². The minimum absolute atomic E-state index is 0.0604. The molecule has 0 spiro atoms. The van der Waals surface area contributed by atoms with E-state index in [0.29, 0.717) is 19.8 Å². The predicted molar refractivity (Wildman–Crippen MR) is 79.3 cm³/mol. The summed E-state index contributed by atoms with van der Waals surface area (Å²) >= 11 is 0. The second-order valence-corrected chi connectivity index (χ2v) is 5.09. The number of nitrogens with two attached hydrogens (primary N) is 1. The molecule has 1 atom stereocenters. The summed E-state index contributed by atoms with van der Waals surface area (Å²) in [4.78, 5) is 0. The predicted octanol–water partition coefficient (Wildman–Crippen LogP) is 3.08. The van der Waals surface area contributed by atoms with Crippen LogP contribution < -0.4 is 5.73 Å². The molecule has 0 saturated heterocycles. The zero-order chi connectivity index (χ0) is 14.1. The van der Waals surface area contributed by atoms with E-state index in [1.54, 1.807) is 0 Å². The molecule has 0 aliphatic heterocycles. The molecule has 108 valence electrons. The van der Waals surface area contributed by atoms with Gasteiger partial charge < -0.3 is 15.2 Å². The van der Waals surface area contributed by atoms with Gasteiger partial charge in [0.15, 0.2) is 0 Å². The van der Waals surface area contributed by atoms with Gasteiger partial charge in [-0.05, 0) is 31.4 Å². The van der Waals surface area contributed by atoms with Gasteiger partial charge in [0.25, 0.3) is 0 Å². The Morgan fingerprint density at radius 3 is 2.37 bits per heavy atom. The van der Waals surface area contributed by atoms with Crippen molar-refractivity contribution in [1.29, 1.82) is 0 Å². The molecule has 3 nitrogen and oxygen atoms in total. The van der Waals surface area contributed by atoms with E-state index in [9.17, 15) is 0 Å². The fourth-order valence-electron chi connectivity index (χ4n) is 1.87. The van der Waals surface area contributed by atoms with Crippen molar-refractivity contribution in [2.24, 2.45) is 5.73 Å². The van der Waals surface area contributed by atoms with Gasteiger partial charge in [-0.15, -0.1) is 0 Å². The lowest BCUT2D eigenvalue weighted by Gasteiger charge is -2.14. The fraction of sp³-hybridized carbons (Fsp3) is 0.625. The number of rotatable bonds is 9. The minimum Gasteiger partial charge on any atom is -0.377 e. The summed E-state index contributed by atoms with van der Waals surface area (Å²) in [7, 11) is 0. The summed E-state index contributed by atoms with van der Waals surface area (Å²) in [5.41, 5.74) is 8.59. The molecule has 0 saturated carbocycles. The summed E-state index contributed by atoms with van der Waals surface area (Å²) < 4.78 is 10.9. The molecule has 0 aliphatic carbocycles. The Morgan fingerprint density at radius 1 is 1.11 bits per heavy atom. The van der Waals surface area contributed by atoms with Crippen LogP contribution in [0, 0.1) is 0 Å². The lowest BCUT2D eigenvalue weighted by Crippen LogP contribution is -2.19. The van der Waals surface area contributed by atoms with E-state index in [4.69, 9.17) is 15.2 Å². The van der Waals surface area contributed by atoms with Crippen molar-refractivity contribution in [2.75, 3.05) is 19.8 Å². The zero-order valence-corrected chi connectivity index (χ0v) is 12.4. The van der Waals surface area contributed by atoms with Crippen LogP contribution in [0.25, 0.3) is 0 Å². The maximum absolute atomic E-state index is 6.10. The molecule has 1 aromatic rings. The fourth-order valence-corrected chi connectivity index (χ4v) is 1.87. The third-order valence-corrected chi connectivity index (χ3v) is 2.92. The molecule has 0 aliphatic rings. The second kappa shape index (κ2) is 9.08. The molecule has 0 heterocycles. The maximum Gasteiger partial charge on any atom is 0.0703 e. The Balaban J connectivity index is 2.26. The Bertz CT molecular complexity index is 335. The maximum atomic E-state index is 6.10. The molecular formula is C16H27NO2. The highest BCUT2D eigenvalue weighted by Gasteiger charge is 2.06. The summed E-state index contributed by atoms with van der Waals surface area (Å²) in [6.45, 7) is 7.98. The van der Waals surface area contributed by atoms with Crippen LogP contribution in [0.15, 0.2) is 24.3 Å². The van der Waals surface area contributed by atoms with E-state index < -0.39 is 0 Å². The Kier molecular flexibility index (Phi) is 7.72. The van der Waals surface area contributed by atoms with Gasteiger partial charge in [0, 0.05) is 0 Å². The largest absolute Gasteiger partial charge is 0.377 e. The molecule has 19 heavy (non-hydrogen) atoms. The van der Waals surface area contributed by atoms with Crippen molar-refractivity contribution in [3.8, 4) is 0 Å². The monoisotopic (exact) mass is 265 g/mol. The molecule has 1 aromatic carbocycles. The van der Waals surface area contributed by atoms with Crippen molar-refractivity contribution < 1.29 is 9.47 Å². The molecule has 2 N–H and O–H groups in total. The second-order valence-electron chi connectivity index (χ2n) is 5.09. The highest BCUT2D eigenvalue weighted by molar-refractivity contribution is 5.24. The number of hydrogen-bond donors (Lipinski definition) is 1. The van der Waals surface area contributed by atoms with Crippen LogP contribution in [0.2, 0.25) is 0 Å². The molecular weight excluding hydrogens is 238 g/mol. The van der Waals surface area contributed by atoms with Gasteiger partial charge in [-0.25, -0.2) is 0 Å². The minimum atomic E-state index is -0.0604. The van der Waals surface area contributed by atoms with Crippen LogP contribution in [0.5, 0.6) is 0 Å². The van der Waals surface area contributed by atoms with Gasteiger partial charge in [0.2, 0.25) is 0 Å². The Hall–Kier alpha value is -0.900. The number of benzene rings is 1. The van der Waals surface area contributed by atoms with Crippen LogP contribution in [0.4, 0.5) is 0 Å². The summed E-state index contributed by atoms with van der Waals surface area (Å²) in [5.74, 6) is 0. The molecule has 0 amide bonds.